The van der Waals surface area contributed by atoms with E-state index >= 15 is 0 Å². The van der Waals surface area contributed by atoms with Crippen LogP contribution in [0.25, 0.3) is 0 Å². The Bertz CT molecular complexity index is 1160. The number of hydrogen-bond acceptors (Lipinski definition) is 15. The lowest BCUT2D eigenvalue weighted by Gasteiger charge is -2.48. The molecule has 3 fully saturated rings. The van der Waals surface area contributed by atoms with Gasteiger partial charge in [0, 0.05) is 32.5 Å². The molecule has 0 aromatic carbocycles. The van der Waals surface area contributed by atoms with Gasteiger partial charge in [-0.1, -0.05) is 20.8 Å². The Kier molecular flexibility index (Phi) is 15.4. The summed E-state index contributed by atoms with van der Waals surface area (Å²) in [4.78, 5) is 25.6. The second kappa shape index (κ2) is 17.9. The van der Waals surface area contributed by atoms with Gasteiger partial charge in [-0.25, -0.2) is 0 Å². The molecule has 0 radical (unpaired) electrons. The van der Waals surface area contributed by atoms with Crippen molar-refractivity contribution in [2.24, 2.45) is 23.0 Å². The fourth-order valence-electron chi connectivity index (χ4n) is 8.28. The number of aliphatic hydroxyl groups excluding tert-OH is 3. The van der Waals surface area contributed by atoms with Crippen molar-refractivity contribution in [2.45, 2.75) is 185 Å². The maximum absolute atomic E-state index is 14.1. The highest BCUT2D eigenvalue weighted by Crippen LogP contribution is 2.40. The molecule has 6 N–H and O–H groups in total. The van der Waals surface area contributed by atoms with Gasteiger partial charge in [0.25, 0.3) is 0 Å². The minimum atomic E-state index is -1.83. The molecule has 3 heterocycles. The van der Waals surface area contributed by atoms with Crippen LogP contribution in [0.3, 0.4) is 0 Å². The minimum absolute atomic E-state index is 0.0929. The van der Waals surface area contributed by atoms with Gasteiger partial charge in [0.15, 0.2) is 12.6 Å². The summed E-state index contributed by atoms with van der Waals surface area (Å²) < 4.78 is 37.1. The summed E-state index contributed by atoms with van der Waals surface area (Å²) in [6, 6.07) is -1.36. The molecule has 3 aliphatic rings. The number of esters is 1. The molecule has 0 aliphatic carbocycles. The molecule has 3 aliphatic heterocycles. The number of aliphatic hydroxyl groups is 5. The van der Waals surface area contributed by atoms with E-state index in [0.29, 0.717) is 13.0 Å². The predicted molar refractivity (Wildman–Crippen MR) is 189 cm³/mol. The van der Waals surface area contributed by atoms with E-state index in [9.17, 15) is 35.2 Å². The van der Waals surface area contributed by atoms with E-state index in [0.717, 1.165) is 5.01 Å². The number of hydrogen-bond donors (Lipinski definition) is 6. The summed E-state index contributed by atoms with van der Waals surface area (Å²) in [6.45, 7) is 17.3. The zero-order chi connectivity index (χ0) is 39.5. The summed E-state index contributed by atoms with van der Waals surface area (Å²) >= 11 is 0. The number of carbonyl (C=O) groups excluding carboxylic acids is 1. The molecule has 16 nitrogen and oxygen atoms in total. The number of ether oxygens (including phenoxy) is 6. The van der Waals surface area contributed by atoms with Gasteiger partial charge in [-0.2, -0.15) is 0 Å². The van der Waals surface area contributed by atoms with Gasteiger partial charge in [0.2, 0.25) is 0 Å². The molecule has 0 bridgehead atoms. The molecule has 18 atom stereocenters. The quantitative estimate of drug-likeness (QED) is 0.118. The number of methoxy groups -OCH3 is 1. The van der Waals surface area contributed by atoms with Crippen LogP contribution in [0, 0.1) is 22.7 Å². The van der Waals surface area contributed by atoms with E-state index in [-0.39, 0.29) is 25.2 Å². The van der Waals surface area contributed by atoms with Crippen LogP contribution in [0.5, 0.6) is 0 Å². The smallest absolute Gasteiger partial charge is 0.311 e. The van der Waals surface area contributed by atoms with E-state index < -0.39 is 108 Å². The molecule has 0 unspecified atom stereocenters. The zero-order valence-electron chi connectivity index (χ0n) is 33.1. The summed E-state index contributed by atoms with van der Waals surface area (Å²) in [5.41, 5.74) is -4.53. The molecule has 0 spiro atoms. The Labute approximate surface area is 308 Å². The maximum Gasteiger partial charge on any atom is 0.311 e. The number of nitrogens with one attached hydrogen (secondary N) is 1. The summed E-state index contributed by atoms with van der Waals surface area (Å²) in [7, 11) is 2.94. The number of cyclic esters (lactones) is 1. The first-order valence-corrected chi connectivity index (χ1v) is 18.7. The Hall–Kier alpha value is -1.57. The number of nitrogens with zero attached hydrogens (tertiary/aromatic N) is 2. The number of likely N-dealkylation sites (N-methyl/N-ethyl adjacent to an activating group) is 1. The molecule has 304 valence electrons. The van der Waals surface area contributed by atoms with Gasteiger partial charge in [0.05, 0.1) is 52.9 Å². The summed E-state index contributed by atoms with van der Waals surface area (Å²) in [5, 5.41) is 64.9. The Morgan fingerprint density at radius 2 is 1.62 bits per heavy atom. The second-order valence-corrected chi connectivity index (χ2v) is 16.4. The zero-order valence-corrected chi connectivity index (χ0v) is 33.1. The summed E-state index contributed by atoms with van der Waals surface area (Å²) in [6.07, 6.45) is -9.68. The number of rotatable bonds is 8. The number of nitroso groups, excluding NO2 is 1. The molecular formula is C36H67N3O13. The van der Waals surface area contributed by atoms with Crippen molar-refractivity contribution in [3.8, 4) is 0 Å². The van der Waals surface area contributed by atoms with Crippen LogP contribution in [-0.4, -0.2) is 148 Å². The van der Waals surface area contributed by atoms with Crippen molar-refractivity contribution in [1.82, 2.24) is 10.3 Å². The highest BCUT2D eigenvalue weighted by molar-refractivity contribution is 5.73. The van der Waals surface area contributed by atoms with Crippen LogP contribution in [0.2, 0.25) is 0 Å². The Morgan fingerprint density at radius 1 is 0.981 bits per heavy atom. The van der Waals surface area contributed by atoms with Gasteiger partial charge in [-0.05, 0) is 80.2 Å². The molecule has 0 amide bonds. The van der Waals surface area contributed by atoms with Crippen molar-refractivity contribution in [2.75, 3.05) is 20.7 Å². The first-order chi connectivity index (χ1) is 24.0. The molecule has 3 saturated heterocycles. The van der Waals surface area contributed by atoms with Crippen LogP contribution in [0.15, 0.2) is 5.29 Å². The van der Waals surface area contributed by atoms with Crippen LogP contribution in [0.1, 0.15) is 94.9 Å². The standard InChI is InChI=1S/C36H67N3O13/c1-13-25-36(10,45)29(41)22(6)37-17-18(2)15-34(8,44)31(52-33-27(40)24(39(11)38-46)14-19(3)48-33)20(4)28(21(5)32(43)50-25)51-26-16-35(9,47-12)30(42)23(7)49-26/h18-31,33,37,40-42,44-45H,13-17H2,1-12H3/t18-,19-,20+,21-,22-,23+,24+,25-,26+,27-,28+,29-,30+,31-,33+,34-,35-,36-/m1/s1. The highest BCUT2D eigenvalue weighted by atomic mass is 16.7. The predicted octanol–water partition coefficient (Wildman–Crippen LogP) is 1.61. The highest BCUT2D eigenvalue weighted by Gasteiger charge is 2.52. The third-order valence-corrected chi connectivity index (χ3v) is 11.7. The van der Waals surface area contributed by atoms with E-state index in [2.05, 4.69) is 10.6 Å². The lowest BCUT2D eigenvalue weighted by Crippen LogP contribution is -2.60. The van der Waals surface area contributed by atoms with Gasteiger partial charge in [-0.3, -0.25) is 9.80 Å². The lowest BCUT2D eigenvalue weighted by molar-refractivity contribution is -0.318. The van der Waals surface area contributed by atoms with Crippen LogP contribution in [0.4, 0.5) is 0 Å². The third kappa shape index (κ3) is 9.99. The van der Waals surface area contributed by atoms with Crippen LogP contribution in [-0.2, 0) is 33.2 Å². The maximum atomic E-state index is 14.1. The van der Waals surface area contributed by atoms with Crippen molar-refractivity contribution in [3.63, 3.8) is 0 Å². The van der Waals surface area contributed by atoms with Gasteiger partial charge < -0.3 is 59.3 Å². The molecule has 0 aromatic rings. The minimum Gasteiger partial charge on any atom is -0.459 e. The molecule has 0 saturated carbocycles. The first-order valence-electron chi connectivity index (χ1n) is 18.7. The largest absolute Gasteiger partial charge is 0.459 e. The fourth-order valence-corrected chi connectivity index (χ4v) is 8.28. The third-order valence-electron chi connectivity index (χ3n) is 11.7. The molecule has 0 aromatic heterocycles. The first kappa shape index (κ1) is 44.8. The molecule has 3 rings (SSSR count). The van der Waals surface area contributed by atoms with Crippen LogP contribution >= 0.6 is 0 Å². The van der Waals surface area contributed by atoms with Crippen LogP contribution < -0.4 is 5.32 Å². The van der Waals surface area contributed by atoms with E-state index in [4.69, 9.17) is 28.4 Å². The van der Waals surface area contributed by atoms with Crippen molar-refractivity contribution < 1.29 is 58.7 Å². The van der Waals surface area contributed by atoms with E-state index in [1.54, 1.807) is 55.4 Å². The molecular weight excluding hydrogens is 682 g/mol. The topological polar surface area (TPSA) is 218 Å². The fraction of sp³-hybridized carbons (Fsp3) is 0.972. The molecule has 52 heavy (non-hydrogen) atoms. The Balaban J connectivity index is 2.16. The average Bonchev–Trinajstić information content (AvgIpc) is 3.08. The van der Waals surface area contributed by atoms with Crippen molar-refractivity contribution >= 4 is 5.97 Å². The second-order valence-electron chi connectivity index (χ2n) is 16.4. The van der Waals surface area contributed by atoms with E-state index in [1.165, 1.54) is 21.1 Å². The van der Waals surface area contributed by atoms with E-state index in [1.807, 2.05) is 6.92 Å². The van der Waals surface area contributed by atoms with Gasteiger partial charge >= 0.3 is 5.97 Å². The number of carbonyl (C=O) groups is 1. The lowest BCUT2D eigenvalue weighted by atomic mass is 9.77. The monoisotopic (exact) mass is 749 g/mol. The molecule has 16 heteroatoms. The van der Waals surface area contributed by atoms with Gasteiger partial charge in [-0.15, -0.1) is 4.91 Å². The van der Waals surface area contributed by atoms with Gasteiger partial charge in [0.1, 0.15) is 30.0 Å². The summed E-state index contributed by atoms with van der Waals surface area (Å²) in [5.74, 6) is -2.85. The van der Waals surface area contributed by atoms with Crippen molar-refractivity contribution in [1.29, 1.82) is 0 Å². The van der Waals surface area contributed by atoms with Crippen molar-refractivity contribution in [3.05, 3.63) is 4.91 Å². The Morgan fingerprint density at radius 3 is 2.19 bits per heavy atom. The SMILES string of the molecule is CC[C@H]1OC(=O)[C@H](C)[C@@H](O[C@H]2C[C@@](C)(OC)[C@@H](O)[C@H](C)O2)[C@H](C)[C@@H](O[C@@H]2O[C@H](C)C[C@H](N(C)N=O)[C@H]2O)[C@](C)(O)C[C@@H](C)CN[C@H](C)[C@@H](O)[C@]1(C)O. The average molecular weight is 750 g/mol. The normalized spacial score (nSPS) is 48.9.